The number of nitriles is 1. The number of nitrogens with zero attached hydrogens (tertiary/aromatic N) is 4. The minimum Gasteiger partial charge on any atom is -0.395 e. The van der Waals surface area contributed by atoms with Gasteiger partial charge in [-0.3, -0.25) is 15.0 Å². The molecule has 1 N–H and O–H groups in total. The molecule has 1 aliphatic heterocycles. The number of hydrogen-bond donors (Lipinski definition) is 1. The third-order valence-corrected chi connectivity index (χ3v) is 3.65. The molecule has 1 aromatic rings. The van der Waals surface area contributed by atoms with Crippen LogP contribution in [-0.2, 0) is 0 Å². The van der Waals surface area contributed by atoms with Crippen molar-refractivity contribution in [3.05, 3.63) is 33.9 Å². The van der Waals surface area contributed by atoms with Crippen molar-refractivity contribution in [1.29, 1.82) is 5.26 Å². The Labute approximate surface area is 123 Å². The number of nitro benzene ring substituents is 1. The summed E-state index contributed by atoms with van der Waals surface area (Å²) in [4.78, 5) is 14.9. The van der Waals surface area contributed by atoms with Crippen molar-refractivity contribution in [2.75, 3.05) is 44.2 Å². The zero-order chi connectivity index (χ0) is 15.2. The van der Waals surface area contributed by atoms with E-state index in [1.807, 2.05) is 11.0 Å². The third-order valence-electron chi connectivity index (χ3n) is 3.65. The smallest absolute Gasteiger partial charge is 0.293 e. The lowest BCUT2D eigenvalue weighted by Crippen LogP contribution is -2.32. The van der Waals surface area contributed by atoms with Crippen molar-refractivity contribution in [3.8, 4) is 6.07 Å². The van der Waals surface area contributed by atoms with Crippen molar-refractivity contribution in [3.63, 3.8) is 0 Å². The normalized spacial score (nSPS) is 16.3. The summed E-state index contributed by atoms with van der Waals surface area (Å²) >= 11 is 0. The predicted octanol–water partition coefficient (Wildman–Crippen LogP) is 0.971. The molecule has 0 atom stereocenters. The number of aliphatic hydroxyl groups is 1. The Bertz CT molecular complexity index is 556. The monoisotopic (exact) mass is 290 g/mol. The summed E-state index contributed by atoms with van der Waals surface area (Å²) in [6, 6.07) is 6.52. The average molecular weight is 290 g/mol. The predicted molar refractivity (Wildman–Crippen MR) is 78.2 cm³/mol. The molecule has 1 fully saturated rings. The summed E-state index contributed by atoms with van der Waals surface area (Å²) in [5.74, 6) is 0. The number of hydrogen-bond acceptors (Lipinski definition) is 6. The van der Waals surface area contributed by atoms with Gasteiger partial charge in [-0.05, 0) is 25.1 Å². The van der Waals surface area contributed by atoms with Crippen LogP contribution >= 0.6 is 0 Å². The first-order chi connectivity index (χ1) is 10.2. The molecular formula is C14H18N4O3. The molecule has 0 saturated carbocycles. The maximum absolute atomic E-state index is 11.2. The van der Waals surface area contributed by atoms with E-state index in [1.165, 1.54) is 6.07 Å². The minimum absolute atomic E-state index is 0.0235. The fourth-order valence-electron chi connectivity index (χ4n) is 2.58. The highest BCUT2D eigenvalue weighted by atomic mass is 16.6. The zero-order valence-electron chi connectivity index (χ0n) is 11.7. The summed E-state index contributed by atoms with van der Waals surface area (Å²) in [6.45, 7) is 3.79. The second kappa shape index (κ2) is 7.02. The van der Waals surface area contributed by atoms with E-state index in [2.05, 4.69) is 4.90 Å². The summed E-state index contributed by atoms with van der Waals surface area (Å²) in [5.41, 5.74) is 0.830. The van der Waals surface area contributed by atoms with Gasteiger partial charge in [0.1, 0.15) is 5.69 Å². The molecular weight excluding hydrogens is 272 g/mol. The van der Waals surface area contributed by atoms with Gasteiger partial charge in [0.25, 0.3) is 5.69 Å². The van der Waals surface area contributed by atoms with Crippen molar-refractivity contribution < 1.29 is 10.0 Å². The van der Waals surface area contributed by atoms with Crippen LogP contribution in [0.2, 0.25) is 0 Å². The molecule has 0 aliphatic carbocycles. The number of rotatable bonds is 4. The zero-order valence-corrected chi connectivity index (χ0v) is 11.7. The average Bonchev–Trinajstić information content (AvgIpc) is 2.72. The standard InChI is InChI=1S/C14H18N4O3/c15-11-12-2-3-13(14(10-12)18(20)21)17-5-1-4-16(6-7-17)8-9-19/h2-3,10,19H,1,4-9H2. The summed E-state index contributed by atoms with van der Waals surface area (Å²) in [6.07, 6.45) is 0.886. The lowest BCUT2D eigenvalue weighted by atomic mass is 10.1. The Morgan fingerprint density at radius 1 is 1.33 bits per heavy atom. The van der Waals surface area contributed by atoms with Crippen LogP contribution in [0.15, 0.2) is 18.2 Å². The number of β-amino-alcohol motifs (C(OH)–C–C–N with tert-alkyl or cyclic N) is 1. The lowest BCUT2D eigenvalue weighted by Gasteiger charge is -2.23. The van der Waals surface area contributed by atoms with E-state index in [0.717, 1.165) is 26.1 Å². The van der Waals surface area contributed by atoms with Gasteiger partial charge in [0.05, 0.1) is 23.2 Å². The van der Waals surface area contributed by atoms with Crippen molar-refractivity contribution >= 4 is 11.4 Å². The topological polar surface area (TPSA) is 93.6 Å². The number of benzene rings is 1. The van der Waals surface area contributed by atoms with Gasteiger partial charge < -0.3 is 10.0 Å². The van der Waals surface area contributed by atoms with E-state index in [4.69, 9.17) is 10.4 Å². The van der Waals surface area contributed by atoms with Gasteiger partial charge in [-0.15, -0.1) is 0 Å². The molecule has 0 spiro atoms. The fourth-order valence-corrected chi connectivity index (χ4v) is 2.58. The molecule has 1 aliphatic rings. The summed E-state index contributed by atoms with van der Waals surface area (Å²) in [7, 11) is 0. The molecule has 0 unspecified atom stereocenters. The molecule has 112 valence electrons. The molecule has 0 radical (unpaired) electrons. The second-order valence-corrected chi connectivity index (χ2v) is 4.98. The van der Waals surface area contributed by atoms with Crippen LogP contribution < -0.4 is 4.90 Å². The first-order valence-corrected chi connectivity index (χ1v) is 6.92. The van der Waals surface area contributed by atoms with Crippen molar-refractivity contribution in [2.45, 2.75) is 6.42 Å². The molecule has 1 aromatic carbocycles. The van der Waals surface area contributed by atoms with Gasteiger partial charge in [0.2, 0.25) is 0 Å². The van der Waals surface area contributed by atoms with Gasteiger partial charge >= 0.3 is 0 Å². The Morgan fingerprint density at radius 2 is 2.14 bits per heavy atom. The highest BCUT2D eigenvalue weighted by Crippen LogP contribution is 2.29. The number of anilines is 1. The molecule has 21 heavy (non-hydrogen) atoms. The SMILES string of the molecule is N#Cc1ccc(N2CCCN(CCO)CC2)c([N+](=O)[O-])c1. The van der Waals surface area contributed by atoms with E-state index in [0.29, 0.717) is 24.3 Å². The first-order valence-electron chi connectivity index (χ1n) is 6.92. The largest absolute Gasteiger partial charge is 0.395 e. The quantitative estimate of drug-likeness (QED) is 0.656. The van der Waals surface area contributed by atoms with E-state index in [9.17, 15) is 10.1 Å². The van der Waals surface area contributed by atoms with E-state index < -0.39 is 4.92 Å². The first kappa shape index (κ1) is 15.2. The van der Waals surface area contributed by atoms with Gasteiger partial charge in [-0.25, -0.2) is 0 Å². The molecule has 0 bridgehead atoms. The van der Waals surface area contributed by atoms with Crippen LogP contribution in [0.4, 0.5) is 11.4 Å². The molecule has 1 heterocycles. The molecule has 2 rings (SSSR count). The van der Waals surface area contributed by atoms with Crippen LogP contribution in [-0.4, -0.2) is 54.3 Å². The van der Waals surface area contributed by atoms with Gasteiger partial charge in [-0.1, -0.05) is 0 Å². The number of aliphatic hydroxyl groups excluding tert-OH is 1. The molecule has 0 amide bonds. The Morgan fingerprint density at radius 3 is 2.81 bits per heavy atom. The highest BCUT2D eigenvalue weighted by molar-refractivity contribution is 5.65. The van der Waals surface area contributed by atoms with E-state index in [-0.39, 0.29) is 12.3 Å². The maximum Gasteiger partial charge on any atom is 0.293 e. The van der Waals surface area contributed by atoms with Gasteiger partial charge in [0, 0.05) is 32.2 Å². The van der Waals surface area contributed by atoms with Crippen LogP contribution in [0.25, 0.3) is 0 Å². The maximum atomic E-state index is 11.2. The minimum atomic E-state index is -0.438. The van der Waals surface area contributed by atoms with Crippen LogP contribution in [0.5, 0.6) is 0 Å². The molecule has 7 heteroatoms. The fraction of sp³-hybridized carbons (Fsp3) is 0.500. The lowest BCUT2D eigenvalue weighted by molar-refractivity contribution is -0.384. The van der Waals surface area contributed by atoms with E-state index >= 15 is 0 Å². The van der Waals surface area contributed by atoms with Crippen LogP contribution in [0.1, 0.15) is 12.0 Å². The summed E-state index contributed by atoms with van der Waals surface area (Å²) < 4.78 is 0. The second-order valence-electron chi connectivity index (χ2n) is 4.98. The molecule has 0 aromatic heterocycles. The number of nitro groups is 1. The van der Waals surface area contributed by atoms with Crippen LogP contribution in [0, 0.1) is 21.4 Å². The van der Waals surface area contributed by atoms with E-state index in [1.54, 1.807) is 12.1 Å². The van der Waals surface area contributed by atoms with Gasteiger partial charge in [-0.2, -0.15) is 5.26 Å². The Hall–Kier alpha value is -2.17. The third kappa shape index (κ3) is 3.68. The summed E-state index contributed by atoms with van der Waals surface area (Å²) in [5, 5.41) is 29.1. The van der Waals surface area contributed by atoms with Gasteiger partial charge in [0.15, 0.2) is 0 Å². The molecule has 7 nitrogen and oxygen atoms in total. The van der Waals surface area contributed by atoms with Crippen molar-refractivity contribution in [2.24, 2.45) is 0 Å². The Kier molecular flexibility index (Phi) is 5.09. The van der Waals surface area contributed by atoms with Crippen molar-refractivity contribution in [1.82, 2.24) is 4.90 Å². The van der Waals surface area contributed by atoms with Crippen LogP contribution in [0.3, 0.4) is 0 Å². The molecule has 1 saturated heterocycles. The Balaban J connectivity index is 2.21. The highest BCUT2D eigenvalue weighted by Gasteiger charge is 2.22.